The third-order valence-corrected chi connectivity index (χ3v) is 2.56. The van der Waals surface area contributed by atoms with Gasteiger partial charge in [0.25, 0.3) is 0 Å². The van der Waals surface area contributed by atoms with E-state index in [0.717, 1.165) is 0 Å². The largest absolute Gasteiger partial charge is 0.362 e. The zero-order chi connectivity index (χ0) is 11.5. The van der Waals surface area contributed by atoms with E-state index in [1.165, 1.54) is 18.3 Å². The Bertz CT molecular complexity index is 432. The van der Waals surface area contributed by atoms with Crippen LogP contribution in [0.25, 0.3) is 0 Å². The lowest BCUT2D eigenvalue weighted by Gasteiger charge is -2.23. The quantitative estimate of drug-likeness (QED) is 0.435. The van der Waals surface area contributed by atoms with Gasteiger partial charge in [0.1, 0.15) is 12.0 Å². The van der Waals surface area contributed by atoms with Crippen LogP contribution < -0.4 is 10.0 Å². The summed E-state index contributed by atoms with van der Waals surface area (Å²) in [4.78, 5) is 3.77. The van der Waals surface area contributed by atoms with Crippen molar-refractivity contribution in [2.24, 2.45) is 5.73 Å². The molecule has 0 saturated carbocycles. The zero-order valence-corrected chi connectivity index (χ0v) is 8.63. The second-order valence-corrected chi connectivity index (χ2v) is 3.98. The van der Waals surface area contributed by atoms with Gasteiger partial charge in [-0.05, 0) is 12.1 Å². The molecule has 0 amide bonds. The van der Waals surface area contributed by atoms with E-state index >= 15 is 0 Å². The molecule has 0 aromatic carbocycles. The molecule has 0 aliphatic heterocycles. The van der Waals surface area contributed by atoms with E-state index in [1.54, 1.807) is 12.1 Å². The first kappa shape index (κ1) is 11.6. The molecule has 0 aliphatic rings. The smallest absolute Gasteiger partial charge is 0.307 e. The Morgan fingerprint density at radius 3 is 2.67 bits per heavy atom. The van der Waals surface area contributed by atoms with Crippen LogP contribution in [0, 0.1) is 0 Å². The highest BCUT2D eigenvalue weighted by Crippen LogP contribution is 2.14. The first-order valence-electron chi connectivity index (χ1n) is 4.03. The normalized spacial score (nSPS) is 13.2. The topological polar surface area (TPSA) is 96.5 Å². The highest BCUT2D eigenvalue weighted by atomic mass is 32.2. The van der Waals surface area contributed by atoms with Gasteiger partial charge in [-0.1, -0.05) is 18.7 Å². The van der Waals surface area contributed by atoms with Crippen LogP contribution in [0.4, 0.5) is 5.82 Å². The van der Waals surface area contributed by atoms with Crippen molar-refractivity contribution in [2.45, 2.75) is 6.17 Å². The number of rotatable bonds is 4. The first-order chi connectivity index (χ1) is 6.96. The van der Waals surface area contributed by atoms with Gasteiger partial charge in [-0.3, -0.25) is 4.55 Å². The minimum Gasteiger partial charge on any atom is -0.307 e. The van der Waals surface area contributed by atoms with Gasteiger partial charge in [0, 0.05) is 6.20 Å². The fraction of sp³-hybridized carbons (Fsp3) is 0.125. The second-order valence-electron chi connectivity index (χ2n) is 2.69. The number of anilines is 1. The molecule has 0 fully saturated rings. The van der Waals surface area contributed by atoms with Crippen molar-refractivity contribution in [3.05, 3.63) is 37.1 Å². The Labute approximate surface area is 87.9 Å². The van der Waals surface area contributed by atoms with E-state index in [0.29, 0.717) is 4.31 Å². The molecule has 0 aliphatic carbocycles. The summed E-state index contributed by atoms with van der Waals surface area (Å²) in [6.45, 7) is 3.35. The maximum absolute atomic E-state index is 11.0. The SMILES string of the molecule is C=CC(N)N(c1ccccn1)S(=O)(=O)O. The molecular weight excluding hydrogens is 218 g/mol. The minimum atomic E-state index is -4.45. The lowest BCUT2D eigenvalue weighted by molar-refractivity contribution is 0.473. The van der Waals surface area contributed by atoms with E-state index < -0.39 is 16.5 Å². The summed E-state index contributed by atoms with van der Waals surface area (Å²) >= 11 is 0. The predicted molar refractivity (Wildman–Crippen MR) is 56.4 cm³/mol. The van der Waals surface area contributed by atoms with Crippen LogP contribution in [0.5, 0.6) is 0 Å². The predicted octanol–water partition coefficient (Wildman–Crippen LogP) is 0.162. The molecule has 1 heterocycles. The van der Waals surface area contributed by atoms with Gasteiger partial charge in [0.2, 0.25) is 0 Å². The van der Waals surface area contributed by atoms with Gasteiger partial charge in [-0.25, -0.2) is 9.29 Å². The van der Waals surface area contributed by atoms with Crippen LogP contribution >= 0.6 is 0 Å². The summed E-state index contributed by atoms with van der Waals surface area (Å²) in [6.07, 6.45) is 1.51. The summed E-state index contributed by atoms with van der Waals surface area (Å²) < 4.78 is 31.6. The Morgan fingerprint density at radius 1 is 1.60 bits per heavy atom. The monoisotopic (exact) mass is 229 g/mol. The molecule has 1 aromatic heterocycles. The van der Waals surface area contributed by atoms with Gasteiger partial charge in [0.15, 0.2) is 0 Å². The number of aromatic nitrogens is 1. The third kappa shape index (κ3) is 2.75. The van der Waals surface area contributed by atoms with E-state index in [2.05, 4.69) is 11.6 Å². The van der Waals surface area contributed by atoms with Crippen LogP contribution in [-0.4, -0.2) is 24.1 Å². The number of hydrogen-bond acceptors (Lipinski definition) is 4. The highest BCUT2D eigenvalue weighted by molar-refractivity contribution is 7.87. The average Bonchev–Trinajstić information content (AvgIpc) is 2.17. The van der Waals surface area contributed by atoms with E-state index in [4.69, 9.17) is 10.3 Å². The van der Waals surface area contributed by atoms with E-state index in [9.17, 15) is 8.42 Å². The molecule has 7 heteroatoms. The molecule has 82 valence electrons. The molecule has 0 radical (unpaired) electrons. The van der Waals surface area contributed by atoms with Gasteiger partial charge in [-0.2, -0.15) is 8.42 Å². The number of nitrogens with two attached hydrogens (primary N) is 1. The van der Waals surface area contributed by atoms with Crippen molar-refractivity contribution < 1.29 is 13.0 Å². The molecule has 0 bridgehead atoms. The third-order valence-electron chi connectivity index (χ3n) is 1.64. The lowest BCUT2D eigenvalue weighted by Crippen LogP contribution is -2.44. The Morgan fingerprint density at radius 2 is 2.27 bits per heavy atom. The van der Waals surface area contributed by atoms with Crippen molar-refractivity contribution in [2.75, 3.05) is 4.31 Å². The molecule has 1 atom stereocenters. The second kappa shape index (κ2) is 4.39. The van der Waals surface area contributed by atoms with E-state index in [1.807, 2.05) is 0 Å². The molecule has 1 unspecified atom stereocenters. The fourth-order valence-corrected chi connectivity index (χ4v) is 1.74. The van der Waals surface area contributed by atoms with Gasteiger partial charge in [-0.15, -0.1) is 0 Å². The summed E-state index contributed by atoms with van der Waals surface area (Å²) in [5.41, 5.74) is 5.46. The van der Waals surface area contributed by atoms with Crippen molar-refractivity contribution in [3.63, 3.8) is 0 Å². The van der Waals surface area contributed by atoms with Crippen LogP contribution in [0.3, 0.4) is 0 Å². The number of hydrogen-bond donors (Lipinski definition) is 2. The van der Waals surface area contributed by atoms with Crippen molar-refractivity contribution in [1.29, 1.82) is 0 Å². The Hall–Kier alpha value is -1.44. The standard InChI is InChI=1S/C8H11N3O3S/c1-2-7(9)11(15(12,13)14)8-5-3-4-6-10-8/h2-7H,1,9H2,(H,12,13,14). The molecule has 0 spiro atoms. The van der Waals surface area contributed by atoms with Crippen molar-refractivity contribution in [1.82, 2.24) is 4.98 Å². The van der Waals surface area contributed by atoms with Crippen molar-refractivity contribution in [3.8, 4) is 0 Å². The lowest BCUT2D eigenvalue weighted by atomic mass is 10.4. The summed E-state index contributed by atoms with van der Waals surface area (Å²) in [5.74, 6) is 0.0346. The summed E-state index contributed by atoms with van der Waals surface area (Å²) in [5, 5.41) is 0. The molecule has 0 saturated heterocycles. The van der Waals surface area contributed by atoms with Crippen LogP contribution in [0.15, 0.2) is 37.1 Å². The van der Waals surface area contributed by atoms with Crippen molar-refractivity contribution >= 4 is 16.1 Å². The summed E-state index contributed by atoms with van der Waals surface area (Å²) in [7, 11) is -4.45. The van der Waals surface area contributed by atoms with Crippen LogP contribution in [-0.2, 0) is 10.3 Å². The van der Waals surface area contributed by atoms with Gasteiger partial charge >= 0.3 is 10.3 Å². The molecule has 1 aromatic rings. The molecule has 1 rings (SSSR count). The number of nitrogens with zero attached hydrogens (tertiary/aromatic N) is 2. The first-order valence-corrected chi connectivity index (χ1v) is 5.42. The summed E-state index contributed by atoms with van der Waals surface area (Å²) in [6, 6.07) is 4.61. The zero-order valence-electron chi connectivity index (χ0n) is 7.81. The molecular formula is C8H11N3O3S. The number of pyridine rings is 1. The molecule has 6 nitrogen and oxygen atoms in total. The minimum absolute atomic E-state index is 0.0346. The molecule has 3 N–H and O–H groups in total. The highest BCUT2D eigenvalue weighted by Gasteiger charge is 2.24. The van der Waals surface area contributed by atoms with Crippen LogP contribution in [0.2, 0.25) is 0 Å². The maximum Gasteiger partial charge on any atom is 0.362 e. The van der Waals surface area contributed by atoms with Gasteiger partial charge < -0.3 is 5.73 Å². The van der Waals surface area contributed by atoms with Crippen LogP contribution in [0.1, 0.15) is 0 Å². The Kier molecular flexibility index (Phi) is 3.40. The average molecular weight is 229 g/mol. The maximum atomic E-state index is 11.0. The fourth-order valence-electron chi connectivity index (χ4n) is 1.00. The Balaban J connectivity index is 3.20. The van der Waals surface area contributed by atoms with E-state index in [-0.39, 0.29) is 5.82 Å². The molecule has 15 heavy (non-hydrogen) atoms. The van der Waals surface area contributed by atoms with Gasteiger partial charge in [0.05, 0.1) is 0 Å².